The van der Waals surface area contributed by atoms with Gasteiger partial charge in [0.2, 0.25) is 6.41 Å². The van der Waals surface area contributed by atoms with Crippen molar-refractivity contribution in [3.05, 3.63) is 46.8 Å². The van der Waals surface area contributed by atoms with Crippen molar-refractivity contribution < 1.29 is 18.7 Å². The number of hydrogen-bond donors (Lipinski definition) is 1. The normalized spacial score (nSPS) is 15.6. The van der Waals surface area contributed by atoms with Crippen molar-refractivity contribution in [2.75, 3.05) is 26.7 Å². The smallest absolute Gasteiger partial charge is 0.258 e. The Morgan fingerprint density at radius 1 is 1.10 bits per heavy atom. The molecule has 2 saturated carbocycles. The molecule has 1 amide bonds. The number of carbonyl (C=O) groups excluding carboxylic acids is 2. The van der Waals surface area contributed by atoms with Crippen LogP contribution in [0.5, 0.6) is 5.75 Å². The molecule has 3 aromatic rings. The Morgan fingerprint density at radius 3 is 2.33 bits per heavy atom. The van der Waals surface area contributed by atoms with Crippen LogP contribution in [0.25, 0.3) is 22.1 Å². The van der Waals surface area contributed by atoms with Gasteiger partial charge in [-0.3, -0.25) is 14.4 Å². The third-order valence-corrected chi connectivity index (χ3v) is 9.30. The van der Waals surface area contributed by atoms with E-state index < -0.39 is 0 Å². The molecule has 0 radical (unpaired) electrons. The lowest BCUT2D eigenvalue weighted by Crippen LogP contribution is -2.35. The summed E-state index contributed by atoms with van der Waals surface area (Å²) in [5.74, 6) is 3.34. The summed E-state index contributed by atoms with van der Waals surface area (Å²) in [4.78, 5) is 39.4. The first-order valence-corrected chi connectivity index (χ1v) is 17.7. The first-order valence-electron chi connectivity index (χ1n) is 17.7. The summed E-state index contributed by atoms with van der Waals surface area (Å²) in [6.45, 7) is 10.2. The lowest BCUT2D eigenvalue weighted by Gasteiger charge is -2.31. The van der Waals surface area contributed by atoms with E-state index in [1.807, 2.05) is 32.9 Å². The van der Waals surface area contributed by atoms with Crippen molar-refractivity contribution in [1.82, 2.24) is 14.5 Å². The van der Waals surface area contributed by atoms with Gasteiger partial charge in [0.25, 0.3) is 5.56 Å². The summed E-state index contributed by atoms with van der Waals surface area (Å²) in [5.41, 5.74) is 5.76. The zero-order valence-corrected chi connectivity index (χ0v) is 30.0. The minimum absolute atomic E-state index is 0.0637. The first-order chi connectivity index (χ1) is 23.3. The van der Waals surface area contributed by atoms with Gasteiger partial charge in [0.1, 0.15) is 11.5 Å². The highest BCUT2D eigenvalue weighted by Crippen LogP contribution is 2.53. The summed E-state index contributed by atoms with van der Waals surface area (Å²) >= 11 is 0. The Balaban J connectivity index is 0.000000344. The number of carbonyl (C=O) groups is 2. The minimum Gasteiger partial charge on any atom is -0.496 e. The monoisotopic (exact) mass is 662 g/mol. The van der Waals surface area contributed by atoms with Crippen LogP contribution in [0.4, 0.5) is 0 Å². The number of hydrogen-bond acceptors (Lipinski definition) is 7. The molecule has 1 aliphatic heterocycles. The largest absolute Gasteiger partial charge is 0.496 e. The van der Waals surface area contributed by atoms with Gasteiger partial charge < -0.3 is 24.4 Å². The highest BCUT2D eigenvalue weighted by molar-refractivity contribution is 5.89. The molecule has 264 valence electrons. The van der Waals surface area contributed by atoms with Crippen molar-refractivity contribution in [3.63, 3.8) is 0 Å². The van der Waals surface area contributed by atoms with Crippen molar-refractivity contribution in [2.24, 2.45) is 24.1 Å². The molecular weight excluding hydrogens is 604 g/mol. The Kier molecular flexibility index (Phi) is 17.7. The third-order valence-electron chi connectivity index (χ3n) is 9.30. The second kappa shape index (κ2) is 21.1. The molecule has 1 spiro atoms. The Hall–Kier alpha value is -3.90. The predicted octanol–water partition coefficient (Wildman–Crippen LogP) is 7.32. The van der Waals surface area contributed by atoms with Gasteiger partial charge in [-0.15, -0.1) is 12.8 Å². The number of ether oxygens (including phenoxy) is 1. The van der Waals surface area contributed by atoms with Gasteiger partial charge in [0.05, 0.1) is 24.3 Å². The van der Waals surface area contributed by atoms with Crippen LogP contribution >= 0.6 is 0 Å². The van der Waals surface area contributed by atoms with Gasteiger partial charge in [-0.1, -0.05) is 33.6 Å². The van der Waals surface area contributed by atoms with E-state index in [0.717, 1.165) is 54.4 Å². The average molecular weight is 663 g/mol. The van der Waals surface area contributed by atoms with E-state index in [0.29, 0.717) is 41.4 Å². The zero-order chi connectivity index (χ0) is 35.5. The summed E-state index contributed by atoms with van der Waals surface area (Å²) in [5, 5.41) is 1.44. The van der Waals surface area contributed by atoms with Gasteiger partial charge in [-0.2, -0.15) is 0 Å². The molecule has 0 atom stereocenters. The predicted molar refractivity (Wildman–Crippen MR) is 195 cm³/mol. The van der Waals surface area contributed by atoms with Crippen molar-refractivity contribution >= 4 is 23.0 Å². The number of primary amides is 1. The molecule has 1 aromatic carbocycles. The van der Waals surface area contributed by atoms with E-state index >= 15 is 0 Å². The van der Waals surface area contributed by atoms with Crippen LogP contribution in [-0.4, -0.2) is 53.4 Å². The van der Waals surface area contributed by atoms with Crippen LogP contribution in [0.1, 0.15) is 104 Å². The molecule has 9 heteroatoms. The number of nitrogens with zero attached hydrogens (tertiary/aromatic N) is 3. The molecule has 3 aliphatic rings. The van der Waals surface area contributed by atoms with Crippen molar-refractivity contribution in [2.45, 2.75) is 104 Å². The zero-order valence-electron chi connectivity index (χ0n) is 30.0. The summed E-state index contributed by atoms with van der Waals surface area (Å²) in [7, 11) is 3.31. The summed E-state index contributed by atoms with van der Waals surface area (Å²) in [6.07, 6.45) is 27.0. The quantitative estimate of drug-likeness (QED) is 0.123. The average Bonchev–Trinajstić information content (AvgIpc) is 4.05. The highest BCUT2D eigenvalue weighted by Gasteiger charge is 2.44. The van der Waals surface area contributed by atoms with Crippen molar-refractivity contribution in [3.8, 4) is 29.9 Å². The van der Waals surface area contributed by atoms with Gasteiger partial charge in [0, 0.05) is 39.1 Å². The SMILES string of the molecule is C#C.C1CC1CN1CCC2(CC1)CC2.CC.CCC(=O)CCCCCCc1ncc(-c2cc3ccn(C)c(=O)c3cc2OC)o1.NC=O. The van der Waals surface area contributed by atoms with Crippen LogP contribution in [0, 0.1) is 24.2 Å². The number of unbranched alkanes of at least 4 members (excludes halogenated alkanes) is 3. The molecule has 3 fully saturated rings. The molecule has 2 N–H and O–H groups in total. The Bertz CT molecular complexity index is 1470. The third kappa shape index (κ3) is 12.6. The number of ketones is 1. The van der Waals surface area contributed by atoms with Gasteiger partial charge in [-0.25, -0.2) is 4.98 Å². The van der Waals surface area contributed by atoms with Crippen LogP contribution in [0.3, 0.4) is 0 Å². The second-order valence-corrected chi connectivity index (χ2v) is 12.7. The molecule has 2 aliphatic carbocycles. The van der Waals surface area contributed by atoms with E-state index in [2.05, 4.69) is 28.5 Å². The highest BCUT2D eigenvalue weighted by atomic mass is 16.5. The number of piperidine rings is 1. The number of terminal acetylenes is 1. The molecule has 1 saturated heterocycles. The number of rotatable bonds is 12. The lowest BCUT2D eigenvalue weighted by atomic mass is 9.93. The number of amides is 1. The number of aromatic nitrogens is 2. The molecule has 2 aromatic heterocycles. The maximum Gasteiger partial charge on any atom is 0.258 e. The molecular formula is C39H58N4O5. The van der Waals surface area contributed by atoms with E-state index in [-0.39, 0.29) is 12.0 Å². The molecule has 48 heavy (non-hydrogen) atoms. The van der Waals surface area contributed by atoms with Crippen molar-refractivity contribution in [1.29, 1.82) is 0 Å². The van der Waals surface area contributed by atoms with Crippen LogP contribution in [-0.2, 0) is 23.1 Å². The fourth-order valence-corrected chi connectivity index (χ4v) is 5.96. The Morgan fingerprint density at radius 2 is 1.75 bits per heavy atom. The number of pyridine rings is 1. The van der Waals surface area contributed by atoms with Gasteiger partial charge >= 0.3 is 0 Å². The first kappa shape index (κ1) is 40.3. The van der Waals surface area contributed by atoms with E-state index in [1.165, 1.54) is 45.3 Å². The number of fused-ring (bicyclic) bond motifs is 1. The fraction of sp³-hybridized carbons (Fsp3) is 0.590. The lowest BCUT2D eigenvalue weighted by molar-refractivity contribution is -0.118. The molecule has 0 bridgehead atoms. The number of aryl methyl sites for hydroxylation is 2. The minimum atomic E-state index is -0.0637. The topological polar surface area (TPSA) is 121 Å². The fourth-order valence-electron chi connectivity index (χ4n) is 5.96. The molecule has 9 nitrogen and oxygen atoms in total. The van der Waals surface area contributed by atoms with Gasteiger partial charge in [0.15, 0.2) is 11.7 Å². The Labute approximate surface area is 287 Å². The second-order valence-electron chi connectivity index (χ2n) is 12.7. The summed E-state index contributed by atoms with van der Waals surface area (Å²) in [6, 6.07) is 5.57. The maximum absolute atomic E-state index is 12.3. The molecule has 3 heterocycles. The molecule has 6 rings (SSSR count). The number of benzene rings is 1. The summed E-state index contributed by atoms with van der Waals surface area (Å²) < 4.78 is 13.0. The van der Waals surface area contributed by atoms with Crippen LogP contribution in [0.15, 0.2) is 39.8 Å². The van der Waals surface area contributed by atoms with Gasteiger partial charge in [-0.05, 0) is 99.4 Å². The standard InChI is InChI=1S/C23H28N2O4.C11H19N.C2H6.C2H2.CH3NO/c1-4-17(26)9-7-5-6-8-10-22-24-15-21(29-22)19-13-16-11-12-25(2)23(27)18(16)14-20(19)28-3;1-2-10(1)9-12-7-5-11(3-4-11)6-8-12;2*1-2;2-1-3/h11-15H,4-10H2,1-3H3;10H,1-9H2;1-2H3;1-2H;1H,(H2,2,3). The number of likely N-dealkylation sites (tertiary alicyclic amines) is 1. The number of nitrogens with two attached hydrogens (primary N) is 1. The number of methoxy groups -OCH3 is 1. The number of oxazole rings is 1. The molecule has 0 unspecified atom stereocenters. The maximum atomic E-state index is 12.3. The van der Waals surface area contributed by atoms with Crippen LogP contribution in [0.2, 0.25) is 0 Å². The number of Topliss-reactive ketones (excluding diaryl/α,β-unsaturated/α-hetero) is 1. The van der Waals surface area contributed by atoms with Crippen LogP contribution < -0.4 is 16.0 Å². The van der Waals surface area contributed by atoms with E-state index in [1.54, 1.807) is 50.0 Å². The van der Waals surface area contributed by atoms with E-state index in [9.17, 15) is 9.59 Å². The van der Waals surface area contributed by atoms with E-state index in [4.69, 9.17) is 13.9 Å².